The molecule has 0 radical (unpaired) electrons. The normalized spacial score (nSPS) is 11.8. The van der Waals surface area contributed by atoms with E-state index in [9.17, 15) is 14.0 Å². The maximum Gasteiger partial charge on any atom is 0.251 e. The molecule has 1 amide bonds. The van der Waals surface area contributed by atoms with E-state index in [1.165, 1.54) is 25.3 Å². The largest absolute Gasteiger partial charge is 0.375 e. The van der Waals surface area contributed by atoms with Gasteiger partial charge in [-0.05, 0) is 29.8 Å². The zero-order valence-corrected chi connectivity index (χ0v) is 15.2. The third-order valence-corrected chi connectivity index (χ3v) is 4.00. The smallest absolute Gasteiger partial charge is 0.251 e. The van der Waals surface area contributed by atoms with E-state index < -0.39 is 6.04 Å². The van der Waals surface area contributed by atoms with Gasteiger partial charge in [0.2, 0.25) is 5.91 Å². The van der Waals surface area contributed by atoms with Crippen molar-refractivity contribution in [3.05, 3.63) is 82.2 Å². The molecule has 0 unspecified atom stereocenters. The average molecular weight is 382 g/mol. The lowest BCUT2D eigenvalue weighted by molar-refractivity contribution is -0.125. The second-order valence-electron chi connectivity index (χ2n) is 6.11. The number of H-pyrrole nitrogens is 1. The minimum Gasteiger partial charge on any atom is -0.375 e. The number of pyridine rings is 1. The van der Waals surface area contributed by atoms with E-state index in [-0.39, 0.29) is 30.3 Å². The van der Waals surface area contributed by atoms with E-state index in [2.05, 4.69) is 20.3 Å². The maximum atomic E-state index is 13.3. The number of nitrogens with one attached hydrogen (secondary N) is 2. The molecule has 2 N–H and O–H groups in total. The number of methoxy groups -OCH3 is 1. The van der Waals surface area contributed by atoms with Crippen molar-refractivity contribution in [3.8, 4) is 11.5 Å². The average Bonchev–Trinajstić information content (AvgIpc) is 2.68. The first-order valence-electron chi connectivity index (χ1n) is 8.60. The Hall–Kier alpha value is -3.39. The number of hydrogen-bond acceptors (Lipinski definition) is 5. The van der Waals surface area contributed by atoms with Crippen molar-refractivity contribution in [3.63, 3.8) is 0 Å². The highest BCUT2D eigenvalue weighted by Crippen LogP contribution is 2.19. The number of carbonyl (C=O) groups is 1. The molecular formula is C20H19FN4O3. The van der Waals surface area contributed by atoms with Gasteiger partial charge in [-0.3, -0.25) is 14.6 Å². The number of carbonyl (C=O) groups excluding carboxylic acids is 1. The minimum absolute atomic E-state index is 0.111. The molecule has 144 valence electrons. The first kappa shape index (κ1) is 19.4. The summed E-state index contributed by atoms with van der Waals surface area (Å²) in [6.07, 6.45) is 1.85. The molecule has 0 bridgehead atoms. The van der Waals surface area contributed by atoms with Crippen molar-refractivity contribution in [2.24, 2.45) is 0 Å². The molecule has 0 saturated carbocycles. The Balaban J connectivity index is 1.91. The van der Waals surface area contributed by atoms with Crippen LogP contribution in [0.15, 0.2) is 59.5 Å². The minimum atomic E-state index is -0.505. The van der Waals surface area contributed by atoms with Gasteiger partial charge in [0, 0.05) is 25.8 Å². The van der Waals surface area contributed by atoms with Crippen LogP contribution in [-0.4, -0.2) is 34.6 Å². The number of amides is 1. The molecule has 1 aromatic carbocycles. The van der Waals surface area contributed by atoms with Gasteiger partial charge in [-0.15, -0.1) is 0 Å². The van der Waals surface area contributed by atoms with E-state index in [0.29, 0.717) is 22.8 Å². The number of hydrogen-bond donors (Lipinski definition) is 2. The van der Waals surface area contributed by atoms with E-state index in [1.54, 1.807) is 36.5 Å². The molecular weight excluding hydrogens is 363 g/mol. The first-order valence-corrected chi connectivity index (χ1v) is 8.60. The lowest BCUT2D eigenvalue weighted by Gasteiger charge is -2.19. The standard InChI is InChI=1S/C20H19FN4O3/c1-28-12-19(27)24-17(13-5-7-14(21)8-6-13)10-15-11-18(26)25-20(23-15)16-4-2-3-9-22-16/h2-9,11,17H,10,12H2,1H3,(H,24,27)(H,23,25,26)/t17-/m0/s1. The summed E-state index contributed by atoms with van der Waals surface area (Å²) in [5.74, 6) is -0.367. The van der Waals surface area contributed by atoms with Crippen LogP contribution in [0.4, 0.5) is 4.39 Å². The number of benzene rings is 1. The summed E-state index contributed by atoms with van der Waals surface area (Å²) >= 11 is 0. The molecule has 2 heterocycles. The summed E-state index contributed by atoms with van der Waals surface area (Å²) in [6, 6.07) is 12.0. The Bertz CT molecular complexity index is 990. The van der Waals surface area contributed by atoms with E-state index in [1.807, 2.05) is 0 Å². The molecule has 3 aromatic rings. The van der Waals surface area contributed by atoms with Crippen molar-refractivity contribution < 1.29 is 13.9 Å². The van der Waals surface area contributed by atoms with E-state index in [0.717, 1.165) is 0 Å². The van der Waals surface area contributed by atoms with Gasteiger partial charge in [-0.25, -0.2) is 9.37 Å². The van der Waals surface area contributed by atoms with Crippen LogP contribution >= 0.6 is 0 Å². The summed E-state index contributed by atoms with van der Waals surface area (Å²) in [7, 11) is 1.42. The fraction of sp³-hybridized carbons (Fsp3) is 0.200. The van der Waals surface area contributed by atoms with Gasteiger partial charge < -0.3 is 15.0 Å². The molecule has 0 aliphatic rings. The number of aromatic nitrogens is 3. The fourth-order valence-electron chi connectivity index (χ4n) is 2.76. The Morgan fingerprint density at radius 2 is 2.04 bits per heavy atom. The molecule has 2 aromatic heterocycles. The third-order valence-electron chi connectivity index (χ3n) is 4.00. The zero-order valence-electron chi connectivity index (χ0n) is 15.2. The predicted octanol–water partition coefficient (Wildman–Crippen LogP) is 2.02. The maximum absolute atomic E-state index is 13.3. The summed E-state index contributed by atoms with van der Waals surface area (Å²) in [6.45, 7) is -0.111. The lowest BCUT2D eigenvalue weighted by Crippen LogP contribution is -2.33. The highest BCUT2D eigenvalue weighted by Gasteiger charge is 2.17. The SMILES string of the molecule is COCC(=O)N[C@@H](Cc1cc(=O)[nH]c(-c2ccccn2)n1)c1ccc(F)cc1. The monoisotopic (exact) mass is 382 g/mol. The van der Waals surface area contributed by atoms with Gasteiger partial charge in [0.25, 0.3) is 5.56 Å². The van der Waals surface area contributed by atoms with E-state index in [4.69, 9.17) is 4.74 Å². The van der Waals surface area contributed by atoms with Crippen LogP contribution in [0, 0.1) is 5.82 Å². The van der Waals surface area contributed by atoms with Gasteiger partial charge in [0.15, 0.2) is 5.82 Å². The number of ether oxygens (including phenoxy) is 1. The molecule has 28 heavy (non-hydrogen) atoms. The van der Waals surface area contributed by atoms with Crippen molar-refractivity contribution in [1.82, 2.24) is 20.3 Å². The van der Waals surface area contributed by atoms with Gasteiger partial charge in [0.05, 0.1) is 11.7 Å². The second kappa shape index (κ2) is 9.01. The fourth-order valence-corrected chi connectivity index (χ4v) is 2.76. The molecule has 0 fully saturated rings. The zero-order chi connectivity index (χ0) is 19.9. The van der Waals surface area contributed by atoms with Crippen LogP contribution in [-0.2, 0) is 16.0 Å². The highest BCUT2D eigenvalue weighted by atomic mass is 19.1. The summed E-state index contributed by atoms with van der Waals surface area (Å²) < 4.78 is 18.1. The third kappa shape index (κ3) is 5.08. The number of rotatable bonds is 7. The number of halogens is 1. The van der Waals surface area contributed by atoms with Gasteiger partial charge in [0.1, 0.15) is 18.1 Å². The topological polar surface area (TPSA) is 97.0 Å². The van der Waals surface area contributed by atoms with Crippen molar-refractivity contribution >= 4 is 5.91 Å². The Morgan fingerprint density at radius 1 is 1.25 bits per heavy atom. The van der Waals surface area contributed by atoms with Crippen LogP contribution in [0.3, 0.4) is 0 Å². The van der Waals surface area contributed by atoms with Crippen LogP contribution in [0.25, 0.3) is 11.5 Å². The number of nitrogens with zero attached hydrogens (tertiary/aromatic N) is 2. The Kier molecular flexibility index (Phi) is 6.23. The van der Waals surface area contributed by atoms with Crippen LogP contribution in [0.2, 0.25) is 0 Å². The quantitative estimate of drug-likeness (QED) is 0.652. The molecule has 3 rings (SSSR count). The summed E-state index contributed by atoms with van der Waals surface area (Å²) in [4.78, 5) is 35.4. The van der Waals surface area contributed by atoms with Crippen LogP contribution in [0.1, 0.15) is 17.3 Å². The van der Waals surface area contributed by atoms with Crippen LogP contribution in [0.5, 0.6) is 0 Å². The molecule has 8 heteroatoms. The molecule has 1 atom stereocenters. The second-order valence-corrected chi connectivity index (χ2v) is 6.11. The van der Waals surface area contributed by atoms with E-state index >= 15 is 0 Å². The predicted molar refractivity (Wildman–Crippen MR) is 101 cm³/mol. The van der Waals surface area contributed by atoms with Crippen LogP contribution < -0.4 is 10.9 Å². The highest BCUT2D eigenvalue weighted by molar-refractivity contribution is 5.77. The van der Waals surface area contributed by atoms with Gasteiger partial charge in [-0.1, -0.05) is 18.2 Å². The molecule has 0 aliphatic heterocycles. The molecule has 0 aliphatic carbocycles. The summed E-state index contributed by atoms with van der Waals surface area (Å²) in [5, 5.41) is 2.83. The first-order chi connectivity index (χ1) is 13.5. The molecule has 7 nitrogen and oxygen atoms in total. The van der Waals surface area contributed by atoms with Crippen molar-refractivity contribution in [2.45, 2.75) is 12.5 Å². The number of aromatic amines is 1. The van der Waals surface area contributed by atoms with Crippen molar-refractivity contribution in [1.29, 1.82) is 0 Å². The van der Waals surface area contributed by atoms with Gasteiger partial charge in [-0.2, -0.15) is 0 Å². The Morgan fingerprint density at radius 3 is 2.71 bits per heavy atom. The Labute approximate surface area is 160 Å². The molecule has 0 saturated heterocycles. The van der Waals surface area contributed by atoms with Crippen molar-refractivity contribution in [2.75, 3.05) is 13.7 Å². The van der Waals surface area contributed by atoms with Gasteiger partial charge >= 0.3 is 0 Å². The molecule has 0 spiro atoms. The summed E-state index contributed by atoms with van der Waals surface area (Å²) in [5.41, 5.74) is 1.36. The lowest BCUT2D eigenvalue weighted by atomic mass is 10.0.